The second-order valence-corrected chi connectivity index (χ2v) is 5.06. The van der Waals surface area contributed by atoms with E-state index in [1.54, 1.807) is 5.57 Å². The standard InChI is InChI=1S/C11H19N/c1-8-3-10-4-9(2)6-11(12,5-8)7-10/h3,8-9H,4-7,12H2,1-2H3. The van der Waals surface area contributed by atoms with Gasteiger partial charge in [0.1, 0.15) is 0 Å². The third kappa shape index (κ3) is 1.42. The highest BCUT2D eigenvalue weighted by molar-refractivity contribution is 5.19. The van der Waals surface area contributed by atoms with Crippen molar-refractivity contribution in [2.24, 2.45) is 17.6 Å². The van der Waals surface area contributed by atoms with Gasteiger partial charge in [0.15, 0.2) is 0 Å². The lowest BCUT2D eigenvalue weighted by molar-refractivity contribution is 0.230. The molecular weight excluding hydrogens is 146 g/mol. The predicted octanol–water partition coefficient (Wildman–Crippen LogP) is 2.47. The Balaban J connectivity index is 2.25. The van der Waals surface area contributed by atoms with E-state index in [2.05, 4.69) is 19.9 Å². The zero-order chi connectivity index (χ0) is 8.77. The van der Waals surface area contributed by atoms with Crippen LogP contribution in [0.5, 0.6) is 0 Å². The third-order valence-corrected chi connectivity index (χ3v) is 3.19. The average Bonchev–Trinajstić information content (AvgIpc) is 1.78. The summed E-state index contributed by atoms with van der Waals surface area (Å²) >= 11 is 0. The zero-order valence-electron chi connectivity index (χ0n) is 8.14. The van der Waals surface area contributed by atoms with Crippen LogP contribution in [0, 0.1) is 11.8 Å². The van der Waals surface area contributed by atoms with Gasteiger partial charge in [0.2, 0.25) is 0 Å². The fourth-order valence-corrected chi connectivity index (χ4v) is 3.20. The van der Waals surface area contributed by atoms with Crippen molar-refractivity contribution in [1.82, 2.24) is 0 Å². The number of hydrogen-bond donors (Lipinski definition) is 1. The van der Waals surface area contributed by atoms with Crippen molar-refractivity contribution >= 4 is 0 Å². The first-order chi connectivity index (χ1) is 5.57. The van der Waals surface area contributed by atoms with Crippen molar-refractivity contribution in [1.29, 1.82) is 0 Å². The van der Waals surface area contributed by atoms with Crippen LogP contribution in [-0.4, -0.2) is 5.54 Å². The summed E-state index contributed by atoms with van der Waals surface area (Å²) in [4.78, 5) is 0. The Morgan fingerprint density at radius 1 is 1.42 bits per heavy atom. The molecule has 1 nitrogen and oxygen atoms in total. The van der Waals surface area contributed by atoms with Crippen molar-refractivity contribution in [3.8, 4) is 0 Å². The van der Waals surface area contributed by atoms with Gasteiger partial charge in [0.25, 0.3) is 0 Å². The van der Waals surface area contributed by atoms with E-state index in [4.69, 9.17) is 5.73 Å². The second kappa shape index (κ2) is 2.59. The van der Waals surface area contributed by atoms with E-state index in [-0.39, 0.29) is 5.54 Å². The van der Waals surface area contributed by atoms with Crippen LogP contribution in [0.2, 0.25) is 0 Å². The summed E-state index contributed by atoms with van der Waals surface area (Å²) in [6.07, 6.45) is 7.33. The summed E-state index contributed by atoms with van der Waals surface area (Å²) < 4.78 is 0. The molecule has 0 aromatic heterocycles. The van der Waals surface area contributed by atoms with Crippen molar-refractivity contribution < 1.29 is 0 Å². The molecule has 2 N–H and O–H groups in total. The lowest BCUT2D eigenvalue weighted by atomic mass is 9.67. The first-order valence-corrected chi connectivity index (χ1v) is 5.06. The highest BCUT2D eigenvalue weighted by Crippen LogP contribution is 2.42. The number of nitrogens with two attached hydrogens (primary N) is 1. The van der Waals surface area contributed by atoms with Crippen LogP contribution in [0.3, 0.4) is 0 Å². The number of fused-ring (bicyclic) bond motifs is 2. The van der Waals surface area contributed by atoms with E-state index in [0.717, 1.165) is 5.92 Å². The molecule has 12 heavy (non-hydrogen) atoms. The molecule has 68 valence electrons. The Kier molecular flexibility index (Phi) is 1.80. The molecule has 2 bridgehead atoms. The largest absolute Gasteiger partial charge is 0.325 e. The first kappa shape index (κ1) is 8.31. The van der Waals surface area contributed by atoms with Gasteiger partial charge in [-0.25, -0.2) is 0 Å². The number of allylic oxidation sites excluding steroid dienone is 1. The molecular formula is C11H19N. The van der Waals surface area contributed by atoms with Crippen LogP contribution in [0.15, 0.2) is 11.6 Å². The molecule has 0 aromatic carbocycles. The minimum atomic E-state index is 0.154. The molecule has 0 aliphatic heterocycles. The van der Waals surface area contributed by atoms with Gasteiger partial charge in [-0.3, -0.25) is 0 Å². The van der Waals surface area contributed by atoms with Crippen molar-refractivity contribution in [2.75, 3.05) is 0 Å². The molecule has 0 aromatic rings. The Morgan fingerprint density at radius 3 is 2.83 bits per heavy atom. The zero-order valence-corrected chi connectivity index (χ0v) is 8.14. The Bertz CT molecular complexity index is 219. The minimum absolute atomic E-state index is 0.154. The highest BCUT2D eigenvalue weighted by atomic mass is 14.8. The third-order valence-electron chi connectivity index (χ3n) is 3.19. The van der Waals surface area contributed by atoms with Crippen molar-refractivity contribution in [2.45, 2.75) is 45.1 Å². The topological polar surface area (TPSA) is 26.0 Å². The Hall–Kier alpha value is -0.300. The fraction of sp³-hybridized carbons (Fsp3) is 0.818. The summed E-state index contributed by atoms with van der Waals surface area (Å²) in [5, 5.41) is 0. The summed E-state index contributed by atoms with van der Waals surface area (Å²) in [6.45, 7) is 4.61. The minimum Gasteiger partial charge on any atom is -0.325 e. The summed E-state index contributed by atoms with van der Waals surface area (Å²) in [7, 11) is 0. The van der Waals surface area contributed by atoms with Crippen LogP contribution < -0.4 is 5.73 Å². The molecule has 3 atom stereocenters. The van der Waals surface area contributed by atoms with Gasteiger partial charge in [-0.2, -0.15) is 0 Å². The van der Waals surface area contributed by atoms with Gasteiger partial charge in [0.05, 0.1) is 0 Å². The maximum absolute atomic E-state index is 6.34. The van der Waals surface area contributed by atoms with Crippen LogP contribution >= 0.6 is 0 Å². The molecule has 3 unspecified atom stereocenters. The highest BCUT2D eigenvalue weighted by Gasteiger charge is 2.37. The number of rotatable bonds is 0. The summed E-state index contributed by atoms with van der Waals surface area (Å²) in [5.74, 6) is 1.52. The molecule has 0 amide bonds. The average molecular weight is 165 g/mol. The van der Waals surface area contributed by atoms with E-state index in [9.17, 15) is 0 Å². The van der Waals surface area contributed by atoms with Crippen LogP contribution in [0.1, 0.15) is 39.5 Å². The Morgan fingerprint density at radius 2 is 2.17 bits per heavy atom. The normalized spacial score (nSPS) is 47.1. The van der Waals surface area contributed by atoms with E-state index in [1.165, 1.54) is 25.7 Å². The Labute approximate surface area is 75.0 Å². The molecule has 0 radical (unpaired) electrons. The van der Waals surface area contributed by atoms with Crippen LogP contribution in [0.4, 0.5) is 0 Å². The van der Waals surface area contributed by atoms with Crippen LogP contribution in [0.25, 0.3) is 0 Å². The fourth-order valence-electron chi connectivity index (χ4n) is 3.20. The van der Waals surface area contributed by atoms with E-state index < -0.39 is 0 Å². The van der Waals surface area contributed by atoms with Gasteiger partial charge in [-0.15, -0.1) is 0 Å². The van der Waals surface area contributed by atoms with E-state index >= 15 is 0 Å². The lowest BCUT2D eigenvalue weighted by Gasteiger charge is -2.43. The monoisotopic (exact) mass is 165 g/mol. The molecule has 2 aliphatic rings. The maximum atomic E-state index is 6.34. The van der Waals surface area contributed by atoms with Gasteiger partial charge in [-0.1, -0.05) is 25.5 Å². The lowest BCUT2D eigenvalue weighted by Crippen LogP contribution is -2.47. The van der Waals surface area contributed by atoms with Crippen molar-refractivity contribution in [3.63, 3.8) is 0 Å². The summed E-state index contributed by atoms with van der Waals surface area (Å²) in [5.41, 5.74) is 8.11. The molecule has 2 aliphatic carbocycles. The maximum Gasteiger partial charge on any atom is 0.0200 e. The molecule has 2 rings (SSSR count). The van der Waals surface area contributed by atoms with Gasteiger partial charge < -0.3 is 5.73 Å². The summed E-state index contributed by atoms with van der Waals surface area (Å²) in [6, 6.07) is 0. The van der Waals surface area contributed by atoms with Gasteiger partial charge in [0, 0.05) is 5.54 Å². The molecule has 0 heterocycles. The smallest absolute Gasteiger partial charge is 0.0200 e. The van der Waals surface area contributed by atoms with Gasteiger partial charge in [-0.05, 0) is 37.5 Å². The second-order valence-electron chi connectivity index (χ2n) is 5.06. The molecule has 1 heteroatoms. The predicted molar refractivity (Wildman–Crippen MR) is 51.8 cm³/mol. The molecule has 1 saturated carbocycles. The SMILES string of the molecule is CC1C=C2CC(C)CC(N)(C2)C1. The van der Waals surface area contributed by atoms with Gasteiger partial charge >= 0.3 is 0 Å². The molecule has 0 saturated heterocycles. The van der Waals surface area contributed by atoms with Crippen LogP contribution in [-0.2, 0) is 0 Å². The molecule has 1 fully saturated rings. The van der Waals surface area contributed by atoms with Crippen molar-refractivity contribution in [3.05, 3.63) is 11.6 Å². The molecule has 0 spiro atoms. The first-order valence-electron chi connectivity index (χ1n) is 5.06. The number of hydrogen-bond acceptors (Lipinski definition) is 1. The van der Waals surface area contributed by atoms with E-state index in [0.29, 0.717) is 5.92 Å². The van der Waals surface area contributed by atoms with E-state index in [1.807, 2.05) is 0 Å². The quantitative estimate of drug-likeness (QED) is 0.548.